The molecule has 37 heavy (non-hydrogen) atoms. The fourth-order valence-electron chi connectivity index (χ4n) is 5.66. The van der Waals surface area contributed by atoms with Gasteiger partial charge in [0.2, 0.25) is 12.1 Å². The van der Waals surface area contributed by atoms with Crippen molar-refractivity contribution in [3.63, 3.8) is 0 Å². The van der Waals surface area contributed by atoms with Crippen LogP contribution >= 0.6 is 0 Å². The highest BCUT2D eigenvalue weighted by Crippen LogP contribution is 2.51. The monoisotopic (exact) mass is 509 g/mol. The molecule has 5 rings (SSSR count). The standard InChI is InChI=1S/C28H36N4O5/c1-28(2)15-19(33)24-22(16-28)37-27-25(23(24)18-6-7-20(34-3)21(14-18)35-4)26(29)32(17-30-27)9-5-8-31-10-12-36-13-11-31/h6-7,14,17,23,29H,5,8-13,15-16H2,1-4H3/p+1/t23-/m1/s1. The maximum Gasteiger partial charge on any atom is 0.305 e. The molecular weight excluding hydrogens is 472 g/mol. The number of methoxy groups -OCH3 is 2. The Morgan fingerprint density at radius 3 is 2.65 bits per heavy atom. The third-order valence-corrected chi connectivity index (χ3v) is 7.52. The summed E-state index contributed by atoms with van der Waals surface area (Å²) in [7, 11) is 3.22. The van der Waals surface area contributed by atoms with Gasteiger partial charge >= 0.3 is 5.88 Å². The summed E-state index contributed by atoms with van der Waals surface area (Å²) >= 11 is 0. The zero-order chi connectivity index (χ0) is 26.2. The largest absolute Gasteiger partial charge is 0.493 e. The number of Topliss-reactive ketones (excluding diaryl/α,β-unsaturated/α-hetero) is 1. The summed E-state index contributed by atoms with van der Waals surface area (Å²) in [6, 6.07) is 5.75. The summed E-state index contributed by atoms with van der Waals surface area (Å²) in [6.07, 6.45) is 3.79. The highest BCUT2D eigenvalue weighted by atomic mass is 16.5. The first-order valence-corrected chi connectivity index (χ1v) is 12.9. The van der Waals surface area contributed by atoms with Crippen LogP contribution in [0.25, 0.3) is 0 Å². The van der Waals surface area contributed by atoms with Gasteiger partial charge in [-0.25, -0.2) is 4.57 Å². The summed E-state index contributed by atoms with van der Waals surface area (Å²) in [6.45, 7) is 9.33. The molecule has 0 saturated carbocycles. The number of rotatable bonds is 7. The molecular formula is C28H37N4O5+. The number of carbonyl (C=O) groups excluding carboxylic acids is 1. The van der Waals surface area contributed by atoms with E-state index in [1.54, 1.807) is 20.5 Å². The van der Waals surface area contributed by atoms with Crippen molar-refractivity contribution in [2.45, 2.75) is 45.6 Å². The van der Waals surface area contributed by atoms with Crippen molar-refractivity contribution in [3.05, 3.63) is 47.0 Å². The van der Waals surface area contributed by atoms with Gasteiger partial charge in [-0.2, -0.15) is 0 Å². The molecule has 1 fully saturated rings. The second-order valence-corrected chi connectivity index (χ2v) is 10.8. The molecule has 1 aromatic carbocycles. The number of carbonyl (C=O) groups is 1. The lowest BCUT2D eigenvalue weighted by molar-refractivity contribution is -0.686. The molecule has 3 aliphatic rings. The van der Waals surface area contributed by atoms with E-state index in [9.17, 15) is 4.79 Å². The number of ketones is 1. The average Bonchev–Trinajstić information content (AvgIpc) is 2.88. The fraction of sp³-hybridized carbons (Fsp3) is 0.536. The number of fused-ring (bicyclic) bond motifs is 1. The van der Waals surface area contributed by atoms with Gasteiger partial charge in [0.25, 0.3) is 0 Å². The second-order valence-electron chi connectivity index (χ2n) is 10.8. The number of nitrogens with two attached hydrogens (primary N) is 1. The number of benzene rings is 1. The minimum absolute atomic E-state index is 0.0822. The van der Waals surface area contributed by atoms with E-state index < -0.39 is 5.92 Å². The molecule has 0 amide bonds. The average molecular weight is 510 g/mol. The van der Waals surface area contributed by atoms with Crippen molar-refractivity contribution < 1.29 is 28.3 Å². The Bertz CT molecular complexity index is 1220. The molecule has 0 radical (unpaired) electrons. The highest BCUT2D eigenvalue weighted by molar-refractivity contribution is 6.00. The molecule has 0 unspecified atom stereocenters. The van der Waals surface area contributed by atoms with Crippen LogP contribution in [-0.4, -0.2) is 62.7 Å². The molecule has 0 spiro atoms. The van der Waals surface area contributed by atoms with E-state index >= 15 is 0 Å². The van der Waals surface area contributed by atoms with Gasteiger partial charge in [-0.3, -0.25) is 9.69 Å². The molecule has 2 aliphatic heterocycles. The normalized spacial score (nSPS) is 21.2. The molecule has 1 saturated heterocycles. The van der Waals surface area contributed by atoms with E-state index in [1.807, 2.05) is 22.8 Å². The second kappa shape index (κ2) is 10.3. The Balaban J connectivity index is 1.54. The minimum atomic E-state index is -0.402. The van der Waals surface area contributed by atoms with Gasteiger partial charge in [0.05, 0.1) is 39.9 Å². The Kier molecular flexibility index (Phi) is 7.09. The van der Waals surface area contributed by atoms with Crippen LogP contribution in [-0.2, 0) is 16.1 Å². The summed E-state index contributed by atoms with van der Waals surface area (Å²) in [5, 5.41) is 0. The Morgan fingerprint density at radius 2 is 1.92 bits per heavy atom. The van der Waals surface area contributed by atoms with Gasteiger partial charge in [0.1, 0.15) is 11.3 Å². The number of morpholine rings is 1. The van der Waals surface area contributed by atoms with Crippen LogP contribution in [0.1, 0.15) is 50.2 Å². The van der Waals surface area contributed by atoms with Gasteiger partial charge in [0, 0.05) is 38.0 Å². The molecule has 2 N–H and O–H groups in total. The van der Waals surface area contributed by atoms with E-state index in [-0.39, 0.29) is 11.2 Å². The van der Waals surface area contributed by atoms with E-state index in [1.165, 1.54) is 0 Å². The number of ether oxygens (including phenoxy) is 4. The molecule has 3 heterocycles. The highest BCUT2D eigenvalue weighted by Gasteiger charge is 2.45. The van der Waals surface area contributed by atoms with E-state index in [0.29, 0.717) is 47.4 Å². The van der Waals surface area contributed by atoms with Crippen LogP contribution in [0.2, 0.25) is 0 Å². The third-order valence-electron chi connectivity index (χ3n) is 7.52. The lowest BCUT2D eigenvalue weighted by atomic mass is 9.70. The fourth-order valence-corrected chi connectivity index (χ4v) is 5.66. The van der Waals surface area contributed by atoms with Gasteiger partial charge in [-0.05, 0) is 29.5 Å². The molecule has 2 aromatic rings. The SMILES string of the molecule is COc1ccc([C@@H]2C3=C(CC(C)(C)CC3=O)Oc3nc[n+](CCCN4CCOCC4)c(N)c32)cc1OC. The van der Waals surface area contributed by atoms with Crippen molar-refractivity contribution in [1.29, 1.82) is 0 Å². The number of hydrogen-bond donors (Lipinski definition) is 1. The first kappa shape index (κ1) is 25.5. The van der Waals surface area contributed by atoms with Crippen LogP contribution in [0.4, 0.5) is 5.82 Å². The molecule has 1 aromatic heterocycles. The molecule has 1 aliphatic carbocycles. The van der Waals surface area contributed by atoms with Crippen molar-refractivity contribution >= 4 is 11.6 Å². The van der Waals surface area contributed by atoms with Crippen LogP contribution < -0.4 is 24.5 Å². The van der Waals surface area contributed by atoms with Crippen molar-refractivity contribution in [2.75, 3.05) is 52.8 Å². The van der Waals surface area contributed by atoms with Crippen LogP contribution in [0.15, 0.2) is 35.9 Å². The molecule has 0 bridgehead atoms. The molecule has 9 nitrogen and oxygen atoms in total. The Hall–Kier alpha value is -3.17. The molecule has 9 heteroatoms. The van der Waals surface area contributed by atoms with E-state index in [0.717, 1.165) is 56.9 Å². The van der Waals surface area contributed by atoms with Crippen LogP contribution in [0.3, 0.4) is 0 Å². The van der Waals surface area contributed by atoms with Gasteiger partial charge in [-0.1, -0.05) is 24.9 Å². The molecule has 1 atom stereocenters. The summed E-state index contributed by atoms with van der Waals surface area (Å²) in [5.74, 6) is 2.62. The number of nitrogens with zero attached hydrogens (tertiary/aromatic N) is 3. The van der Waals surface area contributed by atoms with Crippen LogP contribution in [0, 0.1) is 5.41 Å². The lowest BCUT2D eigenvalue weighted by Gasteiger charge is -2.37. The zero-order valence-electron chi connectivity index (χ0n) is 22.2. The number of aromatic nitrogens is 2. The quantitative estimate of drug-likeness (QED) is 0.569. The van der Waals surface area contributed by atoms with Crippen molar-refractivity contribution in [1.82, 2.24) is 9.88 Å². The summed E-state index contributed by atoms with van der Waals surface area (Å²) < 4.78 is 24.8. The maximum atomic E-state index is 13.6. The Morgan fingerprint density at radius 1 is 1.16 bits per heavy atom. The third kappa shape index (κ3) is 5.02. The van der Waals surface area contributed by atoms with Crippen LogP contribution in [0.5, 0.6) is 17.4 Å². The summed E-state index contributed by atoms with van der Waals surface area (Å²) in [5.41, 5.74) is 8.92. The first-order valence-electron chi connectivity index (χ1n) is 12.9. The van der Waals surface area contributed by atoms with Crippen molar-refractivity contribution in [2.24, 2.45) is 5.41 Å². The van der Waals surface area contributed by atoms with Crippen molar-refractivity contribution in [3.8, 4) is 17.4 Å². The number of nitrogen functional groups attached to an aromatic ring is 1. The van der Waals surface area contributed by atoms with Gasteiger partial charge in [-0.15, -0.1) is 0 Å². The predicted molar refractivity (Wildman–Crippen MR) is 138 cm³/mol. The molecule has 198 valence electrons. The number of allylic oxidation sites excluding steroid dienone is 2. The predicted octanol–water partition coefficient (Wildman–Crippen LogP) is 2.86. The zero-order valence-corrected chi connectivity index (χ0v) is 22.2. The van der Waals surface area contributed by atoms with E-state index in [4.69, 9.17) is 24.7 Å². The maximum absolute atomic E-state index is 13.6. The summed E-state index contributed by atoms with van der Waals surface area (Å²) in [4.78, 5) is 20.7. The van der Waals surface area contributed by atoms with Gasteiger partial charge < -0.3 is 24.7 Å². The topological polar surface area (TPSA) is 100 Å². The Labute approximate surface area is 218 Å². The minimum Gasteiger partial charge on any atom is -0.493 e. The van der Waals surface area contributed by atoms with Gasteiger partial charge in [0.15, 0.2) is 17.3 Å². The number of aryl methyl sites for hydroxylation is 1. The number of anilines is 1. The number of hydrogen-bond acceptors (Lipinski definition) is 8. The smallest absolute Gasteiger partial charge is 0.305 e. The first-order chi connectivity index (χ1) is 17.8. The van der Waals surface area contributed by atoms with E-state index in [2.05, 4.69) is 23.7 Å². The lowest BCUT2D eigenvalue weighted by Crippen LogP contribution is -2.43.